The van der Waals surface area contributed by atoms with Crippen LogP contribution < -0.4 is 20.1 Å². The van der Waals surface area contributed by atoms with Crippen LogP contribution in [0.2, 0.25) is 0 Å². The van der Waals surface area contributed by atoms with Crippen molar-refractivity contribution in [1.29, 1.82) is 0 Å². The number of thioether (sulfide) groups is 1. The fourth-order valence-corrected chi connectivity index (χ4v) is 4.20. The maximum absolute atomic E-state index is 12.4. The zero-order chi connectivity index (χ0) is 26.1. The number of nitrogens with zero attached hydrogens (tertiary/aromatic N) is 2. The summed E-state index contributed by atoms with van der Waals surface area (Å²) in [4.78, 5) is 35.8. The van der Waals surface area contributed by atoms with Gasteiger partial charge in [0.2, 0.25) is 0 Å². The number of aryl methyl sites for hydroxylation is 1. The Morgan fingerprint density at radius 1 is 1.22 bits per heavy atom. The highest BCUT2D eigenvalue weighted by molar-refractivity contribution is 9.10. The number of hydrogen-bond acceptors (Lipinski definition) is 9. The second-order valence-corrected chi connectivity index (χ2v) is 9.04. The van der Waals surface area contributed by atoms with Gasteiger partial charge >= 0.3 is 5.97 Å². The van der Waals surface area contributed by atoms with Crippen molar-refractivity contribution >= 4 is 62.5 Å². The fraction of sp³-hybridized carbons (Fsp3) is 0.208. The molecule has 10 nitrogen and oxygen atoms in total. The number of ether oxygens (including phenoxy) is 3. The molecule has 0 saturated carbocycles. The number of para-hydroxylation sites is 1. The Morgan fingerprint density at radius 3 is 2.72 bits per heavy atom. The summed E-state index contributed by atoms with van der Waals surface area (Å²) in [6.45, 7) is 3.89. The van der Waals surface area contributed by atoms with Gasteiger partial charge in [-0.2, -0.15) is 5.10 Å². The van der Waals surface area contributed by atoms with Crippen molar-refractivity contribution in [3.8, 4) is 11.5 Å². The molecular formula is C24H23BrN4O6S. The minimum Gasteiger partial charge on any atom is -0.490 e. The number of carbonyl (C=O) groups is 3. The monoisotopic (exact) mass is 574 g/mol. The number of nitrogens with one attached hydrogen (secondary N) is 2. The largest absolute Gasteiger partial charge is 0.490 e. The SMILES string of the molecule is CCOc1cc(C=N/N=C2/NC(=O)/C(=C\C(=O)OC)S2)cc(Br)c1OCC(=O)Nc1ccccc1C. The Kier molecular flexibility index (Phi) is 9.65. The van der Waals surface area contributed by atoms with Gasteiger partial charge in [-0.15, -0.1) is 5.10 Å². The van der Waals surface area contributed by atoms with E-state index in [0.717, 1.165) is 23.4 Å². The third-order valence-corrected chi connectivity index (χ3v) is 6.04. The van der Waals surface area contributed by atoms with E-state index in [2.05, 4.69) is 41.5 Å². The number of rotatable bonds is 9. The Hall–Kier alpha value is -3.64. The quantitative estimate of drug-likeness (QED) is 0.202. The maximum atomic E-state index is 12.4. The van der Waals surface area contributed by atoms with E-state index in [1.807, 2.05) is 38.1 Å². The lowest BCUT2D eigenvalue weighted by atomic mass is 10.2. The van der Waals surface area contributed by atoms with Crippen LogP contribution in [0.4, 0.5) is 5.69 Å². The summed E-state index contributed by atoms with van der Waals surface area (Å²) < 4.78 is 16.5. The third kappa shape index (κ3) is 7.43. The minimum atomic E-state index is -0.638. The highest BCUT2D eigenvalue weighted by atomic mass is 79.9. The van der Waals surface area contributed by atoms with Crippen molar-refractivity contribution in [2.75, 3.05) is 25.6 Å². The van der Waals surface area contributed by atoms with Crippen LogP contribution in [0.1, 0.15) is 18.1 Å². The van der Waals surface area contributed by atoms with Gasteiger partial charge in [0.15, 0.2) is 23.3 Å². The predicted octanol–water partition coefficient (Wildman–Crippen LogP) is 3.78. The summed E-state index contributed by atoms with van der Waals surface area (Å²) >= 11 is 4.42. The van der Waals surface area contributed by atoms with Crippen LogP contribution in [0.15, 0.2) is 62.1 Å². The molecule has 0 unspecified atom stereocenters. The average molecular weight is 575 g/mol. The molecule has 2 N–H and O–H groups in total. The van der Waals surface area contributed by atoms with Gasteiger partial charge in [-0.3, -0.25) is 14.9 Å². The van der Waals surface area contributed by atoms with Gasteiger partial charge in [-0.1, -0.05) is 18.2 Å². The molecule has 0 radical (unpaired) electrons. The molecule has 0 atom stereocenters. The van der Waals surface area contributed by atoms with Gasteiger partial charge in [-0.25, -0.2) is 4.79 Å². The molecule has 12 heteroatoms. The third-order valence-electron chi connectivity index (χ3n) is 4.55. The fourth-order valence-electron chi connectivity index (χ4n) is 2.89. The molecule has 0 aliphatic carbocycles. The number of hydrogen-bond donors (Lipinski definition) is 2. The van der Waals surface area contributed by atoms with E-state index in [1.54, 1.807) is 12.1 Å². The summed E-state index contributed by atoms with van der Waals surface area (Å²) in [6, 6.07) is 10.9. The highest BCUT2D eigenvalue weighted by Crippen LogP contribution is 2.36. The van der Waals surface area contributed by atoms with E-state index >= 15 is 0 Å². The average Bonchev–Trinajstić information content (AvgIpc) is 3.18. The van der Waals surface area contributed by atoms with E-state index in [4.69, 9.17) is 9.47 Å². The number of halogens is 1. The molecule has 1 heterocycles. The zero-order valence-corrected chi connectivity index (χ0v) is 22.1. The summed E-state index contributed by atoms with van der Waals surface area (Å²) in [5.41, 5.74) is 2.29. The molecular weight excluding hydrogens is 552 g/mol. The maximum Gasteiger partial charge on any atom is 0.331 e. The van der Waals surface area contributed by atoms with Gasteiger partial charge in [0.1, 0.15) is 0 Å². The molecule has 1 aliphatic rings. The first-order valence-electron chi connectivity index (χ1n) is 10.6. The van der Waals surface area contributed by atoms with E-state index in [1.165, 1.54) is 13.3 Å². The normalized spacial score (nSPS) is 15.3. The number of anilines is 1. The predicted molar refractivity (Wildman–Crippen MR) is 141 cm³/mol. The molecule has 0 bridgehead atoms. The summed E-state index contributed by atoms with van der Waals surface area (Å²) in [7, 11) is 1.22. The van der Waals surface area contributed by atoms with Gasteiger partial charge in [-0.05, 0) is 70.9 Å². The molecule has 1 aliphatic heterocycles. The van der Waals surface area contributed by atoms with Crippen molar-refractivity contribution in [1.82, 2.24) is 5.32 Å². The number of amides is 2. The Labute approximate surface area is 220 Å². The Bertz CT molecular complexity index is 1260. The first kappa shape index (κ1) is 27.0. The summed E-state index contributed by atoms with van der Waals surface area (Å²) in [6.07, 6.45) is 2.54. The molecule has 1 fully saturated rings. The lowest BCUT2D eigenvalue weighted by Gasteiger charge is -2.15. The topological polar surface area (TPSA) is 128 Å². The molecule has 0 spiro atoms. The van der Waals surface area contributed by atoms with Crippen molar-refractivity contribution in [2.45, 2.75) is 13.8 Å². The molecule has 3 rings (SSSR count). The van der Waals surface area contributed by atoms with Crippen molar-refractivity contribution in [3.05, 3.63) is 63.0 Å². The van der Waals surface area contributed by atoms with Crippen LogP contribution in [0.25, 0.3) is 0 Å². The molecule has 2 amide bonds. The van der Waals surface area contributed by atoms with E-state index in [9.17, 15) is 14.4 Å². The highest BCUT2D eigenvalue weighted by Gasteiger charge is 2.25. The number of esters is 1. The van der Waals surface area contributed by atoms with E-state index in [0.29, 0.717) is 33.8 Å². The summed E-state index contributed by atoms with van der Waals surface area (Å²) in [5, 5.41) is 13.5. The van der Waals surface area contributed by atoms with Crippen LogP contribution in [0.3, 0.4) is 0 Å². The van der Waals surface area contributed by atoms with Crippen molar-refractivity contribution in [2.24, 2.45) is 10.2 Å². The lowest BCUT2D eigenvalue weighted by molar-refractivity contribution is -0.135. The van der Waals surface area contributed by atoms with Crippen LogP contribution in [-0.2, 0) is 19.1 Å². The molecule has 2 aromatic carbocycles. The second kappa shape index (κ2) is 12.9. The van der Waals surface area contributed by atoms with Crippen LogP contribution in [0, 0.1) is 6.92 Å². The molecule has 188 valence electrons. The minimum absolute atomic E-state index is 0.158. The van der Waals surface area contributed by atoms with Crippen LogP contribution >= 0.6 is 27.7 Å². The smallest absolute Gasteiger partial charge is 0.331 e. The standard InChI is InChI=1S/C24H23BrN4O6S/c1-4-34-18-10-15(12-26-29-24-28-23(32)19(36-24)11-21(31)33-3)9-16(25)22(18)35-13-20(30)27-17-8-6-5-7-14(17)2/h5-12H,4,13H2,1-3H3,(H,27,30)(H,28,29,32)/b19-11+,26-12?. The number of benzene rings is 2. The van der Waals surface area contributed by atoms with Gasteiger partial charge in [0.25, 0.3) is 11.8 Å². The summed E-state index contributed by atoms with van der Waals surface area (Å²) in [5.74, 6) is -0.626. The van der Waals surface area contributed by atoms with E-state index < -0.39 is 11.9 Å². The molecule has 1 saturated heterocycles. The zero-order valence-electron chi connectivity index (χ0n) is 19.7. The van der Waals surface area contributed by atoms with Gasteiger partial charge in [0.05, 0.1) is 29.3 Å². The van der Waals surface area contributed by atoms with Crippen molar-refractivity contribution < 1.29 is 28.6 Å². The van der Waals surface area contributed by atoms with Gasteiger partial charge in [0, 0.05) is 11.8 Å². The first-order chi connectivity index (χ1) is 17.3. The number of methoxy groups -OCH3 is 1. The second-order valence-electron chi connectivity index (χ2n) is 7.15. The molecule has 0 aromatic heterocycles. The van der Waals surface area contributed by atoms with Gasteiger partial charge < -0.3 is 19.5 Å². The van der Waals surface area contributed by atoms with Crippen molar-refractivity contribution in [3.63, 3.8) is 0 Å². The van der Waals surface area contributed by atoms with Crippen LogP contribution in [0.5, 0.6) is 11.5 Å². The van der Waals surface area contributed by atoms with E-state index in [-0.39, 0.29) is 22.6 Å². The number of carbonyl (C=O) groups excluding carboxylic acids is 3. The number of amidine groups is 1. The first-order valence-corrected chi connectivity index (χ1v) is 12.3. The molecule has 36 heavy (non-hydrogen) atoms. The Balaban J connectivity index is 1.69. The lowest BCUT2D eigenvalue weighted by Crippen LogP contribution is -2.21. The Morgan fingerprint density at radius 2 is 2.00 bits per heavy atom. The van der Waals surface area contributed by atoms with Crippen LogP contribution in [-0.4, -0.2) is 49.5 Å². The molecule has 2 aromatic rings.